The number of carbonyl (C=O) groups is 3. The number of nitrogens with one attached hydrogen (secondary N) is 1. The van der Waals surface area contributed by atoms with Crippen LogP contribution in [0.2, 0.25) is 10.0 Å². The number of fused-ring (bicyclic) bond motifs is 1. The first kappa shape index (κ1) is 28.4. The monoisotopic (exact) mass is 547 g/mol. The number of nitrogens with zero attached hydrogens (tertiary/aromatic N) is 4. The molecule has 198 valence electrons. The highest BCUT2D eigenvalue weighted by Crippen LogP contribution is 2.32. The average Bonchev–Trinajstić information content (AvgIpc) is 3.21. The Balaban J connectivity index is 2.01. The highest BCUT2D eigenvalue weighted by atomic mass is 35.5. The van der Waals surface area contributed by atoms with E-state index in [2.05, 4.69) is 15.3 Å². The zero-order chi connectivity index (χ0) is 27.3. The number of aromatic nitrogens is 3. The van der Waals surface area contributed by atoms with E-state index in [-0.39, 0.29) is 18.8 Å². The zero-order valence-corrected chi connectivity index (χ0v) is 22.8. The molecule has 2 aromatic heterocycles. The SMILES string of the molecule is CCCC[C@@H](C(=O)C(=O)Nc1ccccn1)N(C(=O)O)C(Cn1cnc2cc(Cl)c(Cl)cc21)C(C)(C)C. The number of benzene rings is 1. The van der Waals surface area contributed by atoms with E-state index < -0.39 is 35.3 Å². The fourth-order valence-corrected chi connectivity index (χ4v) is 4.52. The first-order chi connectivity index (χ1) is 17.4. The molecule has 3 aromatic rings. The molecule has 2 atom stereocenters. The van der Waals surface area contributed by atoms with Gasteiger partial charge in [-0.2, -0.15) is 0 Å². The first-order valence-corrected chi connectivity index (χ1v) is 12.8. The van der Waals surface area contributed by atoms with Gasteiger partial charge in [0.25, 0.3) is 5.91 Å². The zero-order valence-electron chi connectivity index (χ0n) is 21.2. The molecule has 0 aliphatic rings. The summed E-state index contributed by atoms with van der Waals surface area (Å²) in [5, 5.41) is 13.6. The van der Waals surface area contributed by atoms with Crippen LogP contribution in [0.5, 0.6) is 0 Å². The summed E-state index contributed by atoms with van der Waals surface area (Å²) >= 11 is 12.4. The lowest BCUT2D eigenvalue weighted by Crippen LogP contribution is -2.57. The molecule has 37 heavy (non-hydrogen) atoms. The summed E-state index contributed by atoms with van der Waals surface area (Å²) in [4.78, 5) is 48.6. The first-order valence-electron chi connectivity index (χ1n) is 12.0. The third kappa shape index (κ3) is 6.78. The van der Waals surface area contributed by atoms with E-state index in [0.29, 0.717) is 27.5 Å². The minimum atomic E-state index is -1.29. The lowest BCUT2D eigenvalue weighted by Gasteiger charge is -2.42. The predicted octanol–water partition coefficient (Wildman–Crippen LogP) is 5.90. The topological polar surface area (TPSA) is 117 Å². The van der Waals surface area contributed by atoms with Crippen LogP contribution < -0.4 is 5.32 Å². The summed E-state index contributed by atoms with van der Waals surface area (Å²) in [5.41, 5.74) is 0.684. The molecule has 3 rings (SSSR count). The standard InChI is InChI=1S/C26H31Cl2N5O4/c1-5-6-9-19(23(34)24(35)31-22-10-7-8-11-29-22)33(25(36)37)21(26(2,3)4)14-32-15-30-18-12-16(27)17(28)13-20(18)32/h7-8,10-13,15,19,21H,5-6,9,14H2,1-4H3,(H,36,37)(H,29,31,35)/t19-,21?/m0/s1. The molecule has 0 spiro atoms. The van der Waals surface area contributed by atoms with Crippen molar-refractivity contribution in [3.05, 3.63) is 52.9 Å². The van der Waals surface area contributed by atoms with Gasteiger partial charge in [-0.25, -0.2) is 14.8 Å². The van der Waals surface area contributed by atoms with Gasteiger partial charge in [-0.3, -0.25) is 14.5 Å². The van der Waals surface area contributed by atoms with Crippen LogP contribution in [-0.4, -0.2) is 54.4 Å². The Morgan fingerprint density at radius 1 is 1.14 bits per heavy atom. The number of imidazole rings is 1. The number of pyridine rings is 1. The van der Waals surface area contributed by atoms with Crippen molar-refractivity contribution in [2.75, 3.05) is 5.32 Å². The molecule has 0 saturated carbocycles. The van der Waals surface area contributed by atoms with Crippen LogP contribution in [-0.2, 0) is 16.1 Å². The largest absolute Gasteiger partial charge is 0.465 e. The number of ketones is 1. The third-order valence-electron chi connectivity index (χ3n) is 6.19. The van der Waals surface area contributed by atoms with Crippen LogP contribution in [0.1, 0.15) is 47.0 Å². The third-order valence-corrected chi connectivity index (χ3v) is 6.91. The molecule has 0 saturated heterocycles. The molecule has 0 aliphatic carbocycles. The van der Waals surface area contributed by atoms with E-state index in [1.165, 1.54) is 6.20 Å². The van der Waals surface area contributed by atoms with Gasteiger partial charge in [-0.05, 0) is 36.1 Å². The Hall–Kier alpha value is -3.17. The Morgan fingerprint density at radius 2 is 1.84 bits per heavy atom. The number of anilines is 1. The summed E-state index contributed by atoms with van der Waals surface area (Å²) in [6, 6.07) is 6.37. The van der Waals surface area contributed by atoms with E-state index in [1.807, 2.05) is 27.7 Å². The Morgan fingerprint density at radius 3 is 2.43 bits per heavy atom. The van der Waals surface area contributed by atoms with Gasteiger partial charge in [0.05, 0.1) is 33.4 Å². The van der Waals surface area contributed by atoms with Gasteiger partial charge in [-0.15, -0.1) is 0 Å². The number of halogens is 2. The van der Waals surface area contributed by atoms with Gasteiger partial charge in [0.15, 0.2) is 0 Å². The van der Waals surface area contributed by atoms with Gasteiger partial charge in [0.1, 0.15) is 11.9 Å². The van der Waals surface area contributed by atoms with Crippen LogP contribution in [0.15, 0.2) is 42.9 Å². The number of hydrogen-bond donors (Lipinski definition) is 2. The second-order valence-corrected chi connectivity index (χ2v) is 10.7. The number of unbranched alkanes of at least 4 members (excludes halogenated alkanes) is 1. The molecule has 0 radical (unpaired) electrons. The molecule has 1 aromatic carbocycles. The molecule has 0 fully saturated rings. The van der Waals surface area contributed by atoms with Crippen molar-refractivity contribution < 1.29 is 19.5 Å². The minimum Gasteiger partial charge on any atom is -0.465 e. The maximum atomic E-state index is 13.4. The highest BCUT2D eigenvalue weighted by molar-refractivity contribution is 6.43. The van der Waals surface area contributed by atoms with Crippen LogP contribution in [0.3, 0.4) is 0 Å². The fourth-order valence-electron chi connectivity index (χ4n) is 4.21. The van der Waals surface area contributed by atoms with Crippen molar-refractivity contribution in [1.29, 1.82) is 0 Å². The predicted molar refractivity (Wildman–Crippen MR) is 144 cm³/mol. The van der Waals surface area contributed by atoms with Crippen LogP contribution in [0.25, 0.3) is 11.0 Å². The van der Waals surface area contributed by atoms with E-state index >= 15 is 0 Å². The molecule has 0 aliphatic heterocycles. The Bertz CT molecular complexity index is 1270. The second kappa shape index (κ2) is 11.9. The quantitative estimate of drug-likeness (QED) is 0.305. The molecule has 2 N–H and O–H groups in total. The van der Waals surface area contributed by atoms with Crippen molar-refractivity contribution in [3.63, 3.8) is 0 Å². The summed E-state index contributed by atoms with van der Waals surface area (Å²) in [5.74, 6) is -1.53. The van der Waals surface area contributed by atoms with E-state index in [0.717, 1.165) is 11.3 Å². The number of carbonyl (C=O) groups excluding carboxylic acids is 2. The van der Waals surface area contributed by atoms with Crippen LogP contribution >= 0.6 is 23.2 Å². The molecular formula is C26H31Cl2N5O4. The number of Topliss-reactive ketones (excluding diaryl/α,β-unsaturated/α-hetero) is 1. The van der Waals surface area contributed by atoms with Crippen molar-refractivity contribution in [2.24, 2.45) is 5.41 Å². The summed E-state index contributed by atoms with van der Waals surface area (Å²) in [6.07, 6.45) is 3.29. The average molecular weight is 548 g/mol. The Labute approximate surface area is 225 Å². The molecule has 1 unspecified atom stereocenters. The fraction of sp³-hybridized carbons (Fsp3) is 0.423. The smallest absolute Gasteiger partial charge is 0.408 e. The maximum absolute atomic E-state index is 13.4. The van der Waals surface area contributed by atoms with Gasteiger partial charge in [0, 0.05) is 12.7 Å². The van der Waals surface area contributed by atoms with Crippen molar-refractivity contribution in [1.82, 2.24) is 19.4 Å². The van der Waals surface area contributed by atoms with Gasteiger partial charge in [-0.1, -0.05) is 69.8 Å². The number of hydrogen-bond acceptors (Lipinski definition) is 5. The van der Waals surface area contributed by atoms with Crippen molar-refractivity contribution in [2.45, 2.75) is 65.6 Å². The molecule has 11 heteroatoms. The van der Waals surface area contributed by atoms with E-state index in [1.54, 1.807) is 41.2 Å². The van der Waals surface area contributed by atoms with Gasteiger partial charge >= 0.3 is 6.09 Å². The summed E-state index contributed by atoms with van der Waals surface area (Å²) < 4.78 is 1.79. The van der Waals surface area contributed by atoms with E-state index in [4.69, 9.17) is 23.2 Å². The molecule has 9 nitrogen and oxygen atoms in total. The molecular weight excluding hydrogens is 517 g/mol. The highest BCUT2D eigenvalue weighted by Gasteiger charge is 2.42. The van der Waals surface area contributed by atoms with Crippen molar-refractivity contribution in [3.8, 4) is 0 Å². The van der Waals surface area contributed by atoms with Crippen LogP contribution in [0, 0.1) is 5.41 Å². The van der Waals surface area contributed by atoms with Gasteiger partial charge < -0.3 is 15.0 Å². The maximum Gasteiger partial charge on any atom is 0.408 e. The van der Waals surface area contributed by atoms with Gasteiger partial charge in [0.2, 0.25) is 5.78 Å². The minimum absolute atomic E-state index is 0.183. The lowest BCUT2D eigenvalue weighted by atomic mass is 9.84. The summed E-state index contributed by atoms with van der Waals surface area (Å²) in [6.45, 7) is 7.81. The summed E-state index contributed by atoms with van der Waals surface area (Å²) in [7, 11) is 0. The number of amides is 2. The van der Waals surface area contributed by atoms with E-state index in [9.17, 15) is 19.5 Å². The normalized spacial score (nSPS) is 13.2. The molecule has 2 heterocycles. The lowest BCUT2D eigenvalue weighted by molar-refractivity contribution is -0.139. The number of carboxylic acid groups (broad SMARTS) is 1. The molecule has 0 bridgehead atoms. The second-order valence-electron chi connectivity index (χ2n) is 9.92. The Kier molecular flexibility index (Phi) is 9.15. The number of rotatable bonds is 10. The molecule has 2 amide bonds. The van der Waals surface area contributed by atoms with Crippen LogP contribution in [0.4, 0.5) is 10.6 Å². The van der Waals surface area contributed by atoms with Crippen molar-refractivity contribution >= 4 is 57.8 Å².